The van der Waals surface area contributed by atoms with Gasteiger partial charge in [-0.3, -0.25) is 19.2 Å². The molecule has 0 aliphatic carbocycles. The number of ketones is 2. The summed E-state index contributed by atoms with van der Waals surface area (Å²) < 4.78 is 1.88. The van der Waals surface area contributed by atoms with Crippen LogP contribution in [0.5, 0.6) is 0 Å². The van der Waals surface area contributed by atoms with E-state index >= 15 is 0 Å². The van der Waals surface area contributed by atoms with Gasteiger partial charge in [-0.2, -0.15) is 0 Å². The highest BCUT2D eigenvalue weighted by Gasteiger charge is 2.36. The Labute approximate surface area is 258 Å². The van der Waals surface area contributed by atoms with Gasteiger partial charge in [-0.25, -0.2) is 0 Å². The lowest BCUT2D eigenvalue weighted by molar-refractivity contribution is -0.125. The van der Waals surface area contributed by atoms with Crippen LogP contribution >= 0.6 is 67.8 Å². The van der Waals surface area contributed by atoms with Crippen molar-refractivity contribution in [3.8, 4) is 11.1 Å². The maximum Gasteiger partial charge on any atom is 0.232 e. The molecule has 0 aromatic heterocycles. The number of benzene rings is 2. The van der Waals surface area contributed by atoms with Crippen LogP contribution in [0.25, 0.3) is 11.1 Å². The zero-order chi connectivity index (χ0) is 29.1. The third kappa shape index (κ3) is 7.17. The van der Waals surface area contributed by atoms with Crippen LogP contribution in [-0.4, -0.2) is 74.8 Å². The summed E-state index contributed by atoms with van der Waals surface area (Å²) in [5, 5.41) is 43.8. The molecule has 38 heavy (non-hydrogen) atoms. The van der Waals surface area contributed by atoms with Gasteiger partial charge >= 0.3 is 0 Å². The Hall–Kier alpha value is -1.49. The van der Waals surface area contributed by atoms with Crippen LogP contribution in [0.1, 0.15) is 24.2 Å². The Bertz CT molecular complexity index is 1250. The molecule has 4 atom stereocenters. The van der Waals surface area contributed by atoms with E-state index in [4.69, 9.17) is 16.6 Å². The highest BCUT2D eigenvalue weighted by Crippen LogP contribution is 2.44. The summed E-state index contributed by atoms with van der Waals surface area (Å²) in [6.07, 6.45) is -5.76. The van der Waals surface area contributed by atoms with Crippen molar-refractivity contribution in [1.29, 1.82) is 0 Å². The lowest BCUT2D eigenvalue weighted by atomic mass is 9.92. The number of carbonyl (C=O) groups is 4. The predicted octanol–water partition coefficient (Wildman–Crippen LogP) is 0.820. The second-order valence-corrected chi connectivity index (χ2v) is 11.4. The fourth-order valence-electron chi connectivity index (χ4n) is 3.40. The average molecular weight is 866 g/mol. The quantitative estimate of drug-likeness (QED) is 0.0727. The molecule has 0 bridgehead atoms. The molecule has 12 nitrogen and oxygen atoms in total. The maximum absolute atomic E-state index is 12.8. The number of nitrogen functional groups attached to an aromatic ring is 1. The van der Waals surface area contributed by atoms with Gasteiger partial charge in [-0.05, 0) is 85.5 Å². The largest absolute Gasteiger partial charge is 0.398 e. The fraction of sp³-hybridized carbons (Fsp3) is 0.304. The van der Waals surface area contributed by atoms with E-state index < -0.39 is 42.5 Å². The van der Waals surface area contributed by atoms with Crippen molar-refractivity contribution >= 4 is 108 Å². The summed E-state index contributed by atoms with van der Waals surface area (Å²) in [7, 11) is 0. The maximum atomic E-state index is 12.8. The molecule has 0 saturated heterocycles. The van der Waals surface area contributed by atoms with E-state index in [1.165, 1.54) is 32.0 Å². The van der Waals surface area contributed by atoms with Crippen LogP contribution < -0.4 is 22.1 Å². The van der Waals surface area contributed by atoms with Gasteiger partial charge in [0, 0.05) is 37.8 Å². The number of anilines is 3. The van der Waals surface area contributed by atoms with Crippen LogP contribution in [0.4, 0.5) is 17.1 Å². The van der Waals surface area contributed by atoms with E-state index in [-0.39, 0.29) is 23.1 Å². The fourth-order valence-corrected chi connectivity index (χ4v) is 7.73. The van der Waals surface area contributed by atoms with E-state index in [0.717, 1.165) is 0 Å². The number of hydrogen-bond donors (Lipinski definition) is 8. The molecule has 15 heteroatoms. The molecule has 2 aromatic rings. The number of carbonyl (C=O) groups excluding carboxylic acids is 4. The van der Waals surface area contributed by atoms with Crippen LogP contribution in [0.15, 0.2) is 18.2 Å². The summed E-state index contributed by atoms with van der Waals surface area (Å²) >= 11 is 6.12. The lowest BCUT2D eigenvalue weighted by Crippen LogP contribution is -2.54. The minimum atomic E-state index is -2.02. The molecule has 206 valence electrons. The van der Waals surface area contributed by atoms with Crippen molar-refractivity contribution in [2.45, 2.75) is 38.2 Å². The molecule has 0 aliphatic heterocycles. The first-order valence-electron chi connectivity index (χ1n) is 10.8. The molecule has 0 radical (unpaired) electrons. The van der Waals surface area contributed by atoms with Crippen molar-refractivity contribution < 1.29 is 39.6 Å². The topological polar surface area (TPSA) is 225 Å². The van der Waals surface area contributed by atoms with Gasteiger partial charge in [-0.1, -0.05) is 6.07 Å². The van der Waals surface area contributed by atoms with Crippen LogP contribution in [0, 0.1) is 10.7 Å². The van der Waals surface area contributed by atoms with Crippen LogP contribution in [-0.2, 0) is 14.4 Å². The number of nitrogens with two attached hydrogens (primary N) is 2. The first kappa shape index (κ1) is 32.7. The molecule has 0 fully saturated rings. The normalized spacial score (nSPS) is 14.3. The van der Waals surface area contributed by atoms with Gasteiger partial charge in [-0.15, -0.1) is 0 Å². The van der Waals surface area contributed by atoms with Crippen LogP contribution in [0.2, 0.25) is 0 Å². The second-order valence-electron chi connectivity index (χ2n) is 8.18. The average Bonchev–Trinajstić information content (AvgIpc) is 2.86. The monoisotopic (exact) mass is 866 g/mol. The van der Waals surface area contributed by atoms with E-state index in [2.05, 4.69) is 10.6 Å². The van der Waals surface area contributed by atoms with E-state index in [0.29, 0.717) is 33.2 Å². The molecule has 2 rings (SSSR count). The molecule has 2 amide bonds. The van der Waals surface area contributed by atoms with Crippen molar-refractivity contribution in [2.75, 3.05) is 23.0 Å². The third-order valence-corrected chi connectivity index (χ3v) is 8.57. The number of aliphatic hydroxyl groups is 4. The van der Waals surface area contributed by atoms with Gasteiger partial charge in [0.25, 0.3) is 0 Å². The summed E-state index contributed by atoms with van der Waals surface area (Å²) in [6, 6.07) is 2.36. The first-order valence-corrected chi connectivity index (χ1v) is 14.0. The number of rotatable bonds is 10. The van der Waals surface area contributed by atoms with Crippen molar-refractivity contribution in [2.24, 2.45) is 5.73 Å². The summed E-state index contributed by atoms with van der Waals surface area (Å²) in [6.45, 7) is 1.80. The van der Waals surface area contributed by atoms with Gasteiger partial charge < -0.3 is 42.5 Å². The Kier molecular flexibility index (Phi) is 11.8. The highest BCUT2D eigenvalue weighted by atomic mass is 127. The lowest BCUT2D eigenvalue weighted by Gasteiger charge is -2.25. The molecular weight excluding hydrogens is 841 g/mol. The minimum absolute atomic E-state index is 0.0919. The zero-order valence-electron chi connectivity index (χ0n) is 20.0. The molecule has 0 heterocycles. The highest BCUT2D eigenvalue weighted by molar-refractivity contribution is 14.1. The smallest absolute Gasteiger partial charge is 0.232 e. The van der Waals surface area contributed by atoms with E-state index in [1.54, 1.807) is 0 Å². The van der Waals surface area contributed by atoms with E-state index in [9.17, 15) is 34.5 Å². The molecule has 0 aliphatic rings. The Balaban J connectivity index is 2.55. The number of amides is 2. The number of Topliss-reactive ketones (excluding diaryl/α,β-unsaturated/α-hetero) is 2. The molecule has 0 unspecified atom stereocenters. The van der Waals surface area contributed by atoms with Gasteiger partial charge in [0.1, 0.15) is 24.4 Å². The second kappa shape index (κ2) is 13.7. The first-order chi connectivity index (χ1) is 17.6. The van der Waals surface area contributed by atoms with Gasteiger partial charge in [0.05, 0.1) is 21.6 Å². The van der Waals surface area contributed by atoms with Gasteiger partial charge in [0.15, 0.2) is 0 Å². The van der Waals surface area contributed by atoms with Gasteiger partial charge in [0.2, 0.25) is 23.4 Å². The number of halogens is 3. The standard InChI is InChI=1S/C23H25I3N4O8/c1-7(32)29-18-14(24)13(15(25)19(16(18)26)30-8(2)33)9-3-4-10(11(27)5-9)20(35)22(37)17(28)23(38)21(36)12(34)6-31/h3-5,12,17,21,23,31,34,36,38H,6,27-28H2,1-2H3,(H,29,32)(H,30,33)/t12-,17+,21-,23-/m1/s1. The zero-order valence-corrected chi connectivity index (χ0v) is 26.4. The van der Waals surface area contributed by atoms with Crippen LogP contribution in [0.3, 0.4) is 0 Å². The SMILES string of the molecule is CC(=O)Nc1c(I)c(NC(C)=O)c(I)c(-c2ccc(C(=O)C(=O)[C@H](N)[C@@H](O)[C@H](O)[C@H](O)CO)c(N)c2)c1I. The number of hydrogen-bond acceptors (Lipinski definition) is 10. The van der Waals surface area contributed by atoms with Crippen molar-refractivity contribution in [3.05, 3.63) is 34.5 Å². The van der Waals surface area contributed by atoms with E-state index in [1.807, 2.05) is 67.8 Å². The van der Waals surface area contributed by atoms with Crippen molar-refractivity contribution in [3.63, 3.8) is 0 Å². The Morgan fingerprint density at radius 1 is 0.895 bits per heavy atom. The predicted molar refractivity (Wildman–Crippen MR) is 165 cm³/mol. The molecular formula is C23H25I3N4O8. The summed E-state index contributed by atoms with van der Waals surface area (Å²) in [4.78, 5) is 49.2. The Morgan fingerprint density at radius 2 is 1.39 bits per heavy atom. The molecule has 0 spiro atoms. The Morgan fingerprint density at radius 3 is 1.82 bits per heavy atom. The number of nitrogens with one attached hydrogen (secondary N) is 2. The number of aliphatic hydroxyl groups excluding tert-OH is 4. The molecule has 10 N–H and O–H groups in total. The van der Waals surface area contributed by atoms with Crippen molar-refractivity contribution in [1.82, 2.24) is 0 Å². The molecule has 0 saturated carbocycles. The summed E-state index contributed by atoms with van der Waals surface area (Å²) in [5.74, 6) is -3.04. The molecule has 2 aromatic carbocycles. The summed E-state index contributed by atoms with van der Waals surface area (Å²) in [5.41, 5.74) is 13.5. The minimum Gasteiger partial charge on any atom is -0.398 e. The third-order valence-electron chi connectivity index (χ3n) is 5.33.